The highest BCUT2D eigenvalue weighted by atomic mass is 32.2. The van der Waals surface area contributed by atoms with Crippen LogP contribution >= 0.6 is 11.8 Å². The van der Waals surface area contributed by atoms with Gasteiger partial charge in [-0.1, -0.05) is 36.8 Å². The minimum Gasteiger partial charge on any atom is -0.332 e. The summed E-state index contributed by atoms with van der Waals surface area (Å²) >= 11 is 1.92. The van der Waals surface area contributed by atoms with Crippen molar-refractivity contribution in [1.29, 1.82) is 0 Å². The van der Waals surface area contributed by atoms with Crippen LogP contribution in [0.15, 0.2) is 30.3 Å². The van der Waals surface area contributed by atoms with Crippen LogP contribution in [0, 0.1) is 0 Å². The molecule has 4 atom stereocenters. The highest BCUT2D eigenvalue weighted by Crippen LogP contribution is 2.33. The zero-order chi connectivity index (χ0) is 17.6. The standard InChI is InChI=1S/C18H26N4O2S/c1-12(13-7-3-2-4-8-13)21-22-16(23)10-6-5-9-15-17-14(11-25-15)19-18(24)20-17/h2-4,7-8,12,14-15,17,21H,5-6,9-11H2,1H3,(H,22,23)(H2,19,20,24). The average Bonchev–Trinajstić information content (AvgIpc) is 3.17. The van der Waals surface area contributed by atoms with Gasteiger partial charge in [-0.2, -0.15) is 11.8 Å². The number of carbonyl (C=O) groups excluding carboxylic acids is 2. The van der Waals surface area contributed by atoms with Crippen molar-refractivity contribution >= 4 is 23.7 Å². The molecule has 7 heteroatoms. The van der Waals surface area contributed by atoms with Crippen LogP contribution in [0.5, 0.6) is 0 Å². The third-order valence-corrected chi connectivity index (χ3v) is 6.32. The SMILES string of the molecule is CC(NNC(=O)CCCCC1SCC2NC(=O)NC21)c1ccccc1. The molecule has 2 fully saturated rings. The number of hydrogen-bond acceptors (Lipinski definition) is 4. The van der Waals surface area contributed by atoms with Crippen LogP contribution in [0.1, 0.15) is 44.2 Å². The van der Waals surface area contributed by atoms with Crippen molar-refractivity contribution in [1.82, 2.24) is 21.5 Å². The van der Waals surface area contributed by atoms with Crippen molar-refractivity contribution in [2.24, 2.45) is 0 Å². The number of benzene rings is 1. The molecule has 0 bridgehead atoms. The quantitative estimate of drug-likeness (QED) is 0.324. The van der Waals surface area contributed by atoms with Crippen LogP contribution in [0.4, 0.5) is 4.79 Å². The van der Waals surface area contributed by atoms with E-state index in [1.54, 1.807) is 0 Å². The Labute approximate surface area is 152 Å². The van der Waals surface area contributed by atoms with Crippen molar-refractivity contribution in [2.45, 2.75) is 56.0 Å². The Bertz CT molecular complexity index is 598. The van der Waals surface area contributed by atoms with Gasteiger partial charge in [0.25, 0.3) is 0 Å². The summed E-state index contributed by atoms with van der Waals surface area (Å²) in [6.45, 7) is 2.02. The van der Waals surface area contributed by atoms with Gasteiger partial charge >= 0.3 is 6.03 Å². The molecular formula is C18H26N4O2S. The highest BCUT2D eigenvalue weighted by molar-refractivity contribution is 8.00. The Balaban J connectivity index is 1.29. The third-order valence-electron chi connectivity index (χ3n) is 4.81. The number of hydrogen-bond donors (Lipinski definition) is 4. The molecule has 0 aromatic heterocycles. The molecule has 136 valence electrons. The minimum atomic E-state index is -0.0433. The first-order chi connectivity index (χ1) is 12.1. The number of carbonyl (C=O) groups is 2. The molecule has 0 spiro atoms. The molecular weight excluding hydrogens is 336 g/mol. The molecule has 3 amide bonds. The van der Waals surface area contributed by atoms with Crippen molar-refractivity contribution in [3.8, 4) is 0 Å². The molecule has 4 unspecified atom stereocenters. The van der Waals surface area contributed by atoms with E-state index in [2.05, 4.69) is 21.5 Å². The molecule has 2 heterocycles. The van der Waals surface area contributed by atoms with Gasteiger partial charge in [-0.05, 0) is 25.3 Å². The lowest BCUT2D eigenvalue weighted by Crippen LogP contribution is -2.39. The van der Waals surface area contributed by atoms with E-state index in [0.717, 1.165) is 30.6 Å². The molecule has 6 nitrogen and oxygen atoms in total. The smallest absolute Gasteiger partial charge is 0.315 e. The number of thioether (sulfide) groups is 1. The fourth-order valence-electron chi connectivity index (χ4n) is 3.35. The predicted molar refractivity (Wildman–Crippen MR) is 100 cm³/mol. The van der Waals surface area contributed by atoms with Gasteiger partial charge in [0, 0.05) is 23.5 Å². The Morgan fingerprint density at radius 1 is 1.28 bits per heavy atom. The van der Waals surface area contributed by atoms with Gasteiger partial charge < -0.3 is 10.6 Å². The second kappa shape index (κ2) is 8.58. The molecule has 25 heavy (non-hydrogen) atoms. The molecule has 2 aliphatic rings. The van der Waals surface area contributed by atoms with Crippen molar-refractivity contribution in [2.75, 3.05) is 5.75 Å². The fraction of sp³-hybridized carbons (Fsp3) is 0.556. The summed E-state index contributed by atoms with van der Waals surface area (Å²) in [7, 11) is 0. The first-order valence-electron chi connectivity index (χ1n) is 8.91. The Morgan fingerprint density at radius 3 is 2.88 bits per heavy atom. The fourth-order valence-corrected chi connectivity index (χ4v) is 4.89. The lowest BCUT2D eigenvalue weighted by Gasteiger charge is -2.17. The van der Waals surface area contributed by atoms with E-state index in [1.807, 2.05) is 49.0 Å². The number of unbranched alkanes of at least 4 members (excludes halogenated alkanes) is 1. The first-order valence-corrected chi connectivity index (χ1v) is 9.96. The Hall–Kier alpha value is -1.73. The van der Waals surface area contributed by atoms with E-state index in [4.69, 9.17) is 0 Å². The van der Waals surface area contributed by atoms with Crippen LogP contribution in [-0.2, 0) is 4.79 Å². The maximum absolute atomic E-state index is 12.0. The van der Waals surface area contributed by atoms with E-state index in [9.17, 15) is 9.59 Å². The van der Waals surface area contributed by atoms with E-state index < -0.39 is 0 Å². The topological polar surface area (TPSA) is 82.3 Å². The molecule has 1 aromatic carbocycles. The maximum Gasteiger partial charge on any atom is 0.315 e. The van der Waals surface area contributed by atoms with Crippen LogP contribution in [0.3, 0.4) is 0 Å². The van der Waals surface area contributed by atoms with Gasteiger partial charge in [0.15, 0.2) is 0 Å². The average molecular weight is 362 g/mol. The van der Waals surface area contributed by atoms with Gasteiger partial charge in [-0.25, -0.2) is 10.2 Å². The lowest BCUT2D eigenvalue weighted by atomic mass is 10.0. The van der Waals surface area contributed by atoms with E-state index in [1.165, 1.54) is 0 Å². The molecule has 2 saturated heterocycles. The van der Waals surface area contributed by atoms with E-state index in [-0.39, 0.29) is 30.1 Å². The van der Waals surface area contributed by atoms with Gasteiger partial charge in [-0.3, -0.25) is 10.2 Å². The first kappa shape index (κ1) is 18.1. The van der Waals surface area contributed by atoms with E-state index in [0.29, 0.717) is 11.7 Å². The number of urea groups is 1. The summed E-state index contributed by atoms with van der Waals surface area (Å²) in [4.78, 5) is 23.3. The van der Waals surface area contributed by atoms with Crippen LogP contribution < -0.4 is 21.5 Å². The molecule has 0 aliphatic carbocycles. The summed E-state index contributed by atoms with van der Waals surface area (Å²) < 4.78 is 0. The highest BCUT2D eigenvalue weighted by Gasteiger charge is 2.42. The molecule has 1 aromatic rings. The van der Waals surface area contributed by atoms with Crippen LogP contribution in [-0.4, -0.2) is 35.0 Å². The summed E-state index contributed by atoms with van der Waals surface area (Å²) in [5.74, 6) is 1.01. The third kappa shape index (κ3) is 4.89. The van der Waals surface area contributed by atoms with Gasteiger partial charge in [0.05, 0.1) is 12.1 Å². The maximum atomic E-state index is 12.0. The predicted octanol–water partition coefficient (Wildman–Crippen LogP) is 2.09. The monoisotopic (exact) mass is 362 g/mol. The van der Waals surface area contributed by atoms with E-state index >= 15 is 0 Å². The normalized spacial score (nSPS) is 25.8. The van der Waals surface area contributed by atoms with Crippen molar-refractivity contribution in [3.05, 3.63) is 35.9 Å². The van der Waals surface area contributed by atoms with Gasteiger partial charge in [-0.15, -0.1) is 0 Å². The largest absolute Gasteiger partial charge is 0.332 e. The van der Waals surface area contributed by atoms with Gasteiger partial charge in [0.1, 0.15) is 0 Å². The zero-order valence-corrected chi connectivity index (χ0v) is 15.3. The molecule has 2 aliphatic heterocycles. The number of amides is 3. The zero-order valence-electron chi connectivity index (χ0n) is 14.5. The van der Waals surface area contributed by atoms with Gasteiger partial charge in [0.2, 0.25) is 5.91 Å². The summed E-state index contributed by atoms with van der Waals surface area (Å²) in [5.41, 5.74) is 6.99. The molecule has 4 N–H and O–H groups in total. The second-order valence-electron chi connectivity index (χ2n) is 6.69. The number of fused-ring (bicyclic) bond motifs is 1. The molecule has 3 rings (SSSR count). The number of hydrazine groups is 1. The summed E-state index contributed by atoms with van der Waals surface area (Å²) in [5, 5.41) is 6.42. The molecule has 0 saturated carbocycles. The van der Waals surface area contributed by atoms with Crippen LogP contribution in [0.25, 0.3) is 0 Å². The minimum absolute atomic E-state index is 0.0237. The Kier molecular flexibility index (Phi) is 6.20. The number of nitrogens with one attached hydrogen (secondary N) is 4. The second-order valence-corrected chi connectivity index (χ2v) is 7.96. The van der Waals surface area contributed by atoms with Crippen molar-refractivity contribution in [3.63, 3.8) is 0 Å². The van der Waals surface area contributed by atoms with Crippen molar-refractivity contribution < 1.29 is 9.59 Å². The summed E-state index contributed by atoms with van der Waals surface area (Å²) in [6.07, 6.45) is 3.42. The van der Waals surface area contributed by atoms with Crippen LogP contribution in [0.2, 0.25) is 0 Å². The number of rotatable bonds is 8. The lowest BCUT2D eigenvalue weighted by molar-refractivity contribution is -0.122. The summed E-state index contributed by atoms with van der Waals surface area (Å²) in [6, 6.07) is 10.6. The molecule has 0 radical (unpaired) electrons. The Morgan fingerprint density at radius 2 is 2.08 bits per heavy atom.